The Morgan fingerprint density at radius 2 is 2.09 bits per heavy atom. The van der Waals surface area contributed by atoms with E-state index >= 15 is 0 Å². The Bertz CT molecular complexity index is 634. The minimum absolute atomic E-state index is 0.153. The van der Waals surface area contributed by atoms with Crippen molar-refractivity contribution in [3.8, 4) is 6.01 Å². The van der Waals surface area contributed by atoms with Gasteiger partial charge in [0.15, 0.2) is 14.9 Å². The van der Waals surface area contributed by atoms with Gasteiger partial charge < -0.3 is 9.47 Å². The van der Waals surface area contributed by atoms with E-state index in [2.05, 4.69) is 9.97 Å². The Kier molecular flexibility index (Phi) is 6.21. The maximum Gasteiger partial charge on any atom is 0.318 e. The van der Waals surface area contributed by atoms with Gasteiger partial charge in [0, 0.05) is 26.0 Å². The number of rotatable bonds is 7. The van der Waals surface area contributed by atoms with Crippen molar-refractivity contribution in [2.75, 3.05) is 26.5 Å². The second-order valence-electron chi connectivity index (χ2n) is 4.62. The lowest BCUT2D eigenvalue weighted by Crippen LogP contribution is -2.37. The highest BCUT2D eigenvalue weighted by Crippen LogP contribution is 2.14. The van der Waals surface area contributed by atoms with Gasteiger partial charge in [0.2, 0.25) is 0 Å². The molecule has 124 valence electrons. The van der Waals surface area contributed by atoms with E-state index in [1.165, 1.54) is 7.11 Å². The zero-order valence-electron chi connectivity index (χ0n) is 12.9. The highest BCUT2D eigenvalue weighted by Gasteiger charge is 2.21. The third-order valence-electron chi connectivity index (χ3n) is 2.59. The smallest absolute Gasteiger partial charge is 0.318 e. The molecule has 2 N–H and O–H groups in total. The first-order chi connectivity index (χ1) is 10.2. The van der Waals surface area contributed by atoms with Gasteiger partial charge in [-0.15, -0.1) is 0 Å². The maximum atomic E-state index is 12.1. The zero-order valence-corrected chi connectivity index (χ0v) is 13.8. The number of carbonyl (C=O) groups is 1. The maximum absolute atomic E-state index is 12.1. The molecule has 0 fully saturated rings. The quantitative estimate of drug-likeness (QED) is 0.310. The number of sulfone groups is 1. The van der Waals surface area contributed by atoms with E-state index in [9.17, 15) is 13.2 Å². The number of hydrogen-bond acceptors (Lipinski definition) is 8. The lowest BCUT2D eigenvalue weighted by molar-refractivity contribution is 0.0742. The molecule has 1 amide bonds. The number of hydrogen-bond donors (Lipinski definition) is 1. The molecule has 9 nitrogen and oxygen atoms in total. The van der Waals surface area contributed by atoms with Gasteiger partial charge in [0.25, 0.3) is 5.91 Å². The summed E-state index contributed by atoms with van der Waals surface area (Å²) < 4.78 is 33.7. The first kappa shape index (κ1) is 18.3. The Morgan fingerprint density at radius 1 is 1.45 bits per heavy atom. The van der Waals surface area contributed by atoms with Crippen molar-refractivity contribution in [3.05, 3.63) is 11.8 Å². The number of aromatic nitrogens is 2. The number of carbonyl (C=O) groups excluding carboxylic acids is 1. The monoisotopic (exact) mass is 332 g/mol. The van der Waals surface area contributed by atoms with Crippen LogP contribution in [0.1, 0.15) is 24.3 Å². The molecule has 1 aromatic rings. The summed E-state index contributed by atoms with van der Waals surface area (Å²) in [6.07, 6.45) is 0.564. The summed E-state index contributed by atoms with van der Waals surface area (Å²) in [4.78, 5) is 19.8. The Balaban J connectivity index is 3.25. The van der Waals surface area contributed by atoms with E-state index in [1.807, 2.05) is 0 Å². The topological polar surface area (TPSA) is 125 Å². The molecule has 0 aliphatic rings. The van der Waals surface area contributed by atoms with Crippen molar-refractivity contribution in [2.24, 2.45) is 5.84 Å². The molecular formula is C12H20N4O5S. The van der Waals surface area contributed by atoms with Crippen LogP contribution in [0, 0.1) is 0 Å². The average Bonchev–Trinajstić information content (AvgIpc) is 2.44. The molecule has 0 saturated carbocycles. The molecule has 0 aliphatic carbocycles. The lowest BCUT2D eigenvalue weighted by atomic mass is 10.3. The van der Waals surface area contributed by atoms with Gasteiger partial charge in [-0.2, -0.15) is 9.97 Å². The van der Waals surface area contributed by atoms with Crippen molar-refractivity contribution in [3.63, 3.8) is 0 Å². The van der Waals surface area contributed by atoms with Crippen LogP contribution < -0.4 is 10.6 Å². The highest BCUT2D eigenvalue weighted by atomic mass is 32.2. The van der Waals surface area contributed by atoms with Crippen molar-refractivity contribution >= 4 is 15.7 Å². The summed E-state index contributed by atoms with van der Waals surface area (Å²) in [7, 11) is -2.14. The molecule has 0 unspecified atom stereocenters. The van der Waals surface area contributed by atoms with Crippen LogP contribution in [0.4, 0.5) is 0 Å². The second kappa shape index (κ2) is 7.47. The minimum atomic E-state index is -3.64. The molecule has 0 saturated heterocycles. The van der Waals surface area contributed by atoms with Crippen molar-refractivity contribution < 1.29 is 22.7 Å². The molecule has 1 rings (SSSR count). The number of ether oxygens (including phenoxy) is 2. The van der Waals surface area contributed by atoms with Crippen LogP contribution in [-0.4, -0.2) is 61.9 Å². The molecule has 0 bridgehead atoms. The Labute approximate surface area is 129 Å². The van der Waals surface area contributed by atoms with Crippen molar-refractivity contribution in [1.29, 1.82) is 0 Å². The molecule has 22 heavy (non-hydrogen) atoms. The van der Waals surface area contributed by atoms with E-state index in [0.29, 0.717) is 0 Å². The summed E-state index contributed by atoms with van der Waals surface area (Å²) in [6, 6.07) is 0.849. The van der Waals surface area contributed by atoms with Crippen LogP contribution in [0.25, 0.3) is 0 Å². The molecular weight excluding hydrogens is 312 g/mol. The van der Waals surface area contributed by atoms with Gasteiger partial charge in [0.1, 0.15) is 11.8 Å². The van der Waals surface area contributed by atoms with Crippen LogP contribution >= 0.6 is 0 Å². The van der Waals surface area contributed by atoms with E-state index < -0.39 is 21.8 Å². The molecule has 0 spiro atoms. The summed E-state index contributed by atoms with van der Waals surface area (Å²) in [5, 5.41) is 0.603. The predicted octanol–water partition coefficient (Wildman–Crippen LogP) is -0.370. The molecule has 1 heterocycles. The molecule has 1 atom stereocenters. The first-order valence-electron chi connectivity index (χ1n) is 6.50. The number of amides is 1. The van der Waals surface area contributed by atoms with Crippen LogP contribution in [-0.2, 0) is 14.6 Å². The van der Waals surface area contributed by atoms with Gasteiger partial charge in [-0.05, 0) is 13.8 Å². The number of methoxy groups -OCH3 is 1. The zero-order chi connectivity index (χ0) is 16.9. The fourth-order valence-corrected chi connectivity index (χ4v) is 2.07. The Hall–Kier alpha value is -1.78. The fourth-order valence-electron chi connectivity index (χ4n) is 1.50. The van der Waals surface area contributed by atoms with Crippen LogP contribution in [0.2, 0.25) is 0 Å². The number of nitrogens with zero attached hydrogens (tertiary/aromatic N) is 3. The lowest BCUT2D eigenvalue weighted by Gasteiger charge is -2.16. The van der Waals surface area contributed by atoms with Gasteiger partial charge in [-0.3, -0.25) is 9.80 Å². The summed E-state index contributed by atoms with van der Waals surface area (Å²) in [5.74, 6) is 4.89. The number of nitrogens with two attached hydrogens (primary N) is 1. The largest absolute Gasteiger partial charge is 0.458 e. The summed E-state index contributed by atoms with van der Waals surface area (Å²) >= 11 is 0. The predicted molar refractivity (Wildman–Crippen MR) is 78.0 cm³/mol. The van der Waals surface area contributed by atoms with Crippen LogP contribution in [0.15, 0.2) is 11.1 Å². The van der Waals surface area contributed by atoms with Crippen LogP contribution in [0.3, 0.4) is 0 Å². The average molecular weight is 332 g/mol. The van der Waals surface area contributed by atoms with E-state index in [1.54, 1.807) is 13.8 Å². The normalized spacial score (nSPS) is 12.8. The molecule has 1 aromatic heterocycles. The van der Waals surface area contributed by atoms with E-state index in [-0.39, 0.29) is 29.9 Å². The second-order valence-corrected chi connectivity index (χ2v) is 6.58. The third kappa shape index (κ3) is 4.90. The molecule has 10 heteroatoms. The van der Waals surface area contributed by atoms with Gasteiger partial charge in [-0.25, -0.2) is 14.3 Å². The van der Waals surface area contributed by atoms with Gasteiger partial charge >= 0.3 is 6.01 Å². The van der Waals surface area contributed by atoms with E-state index in [0.717, 1.165) is 17.3 Å². The minimum Gasteiger partial charge on any atom is -0.458 e. The summed E-state index contributed by atoms with van der Waals surface area (Å²) in [6.45, 7) is 3.87. The van der Waals surface area contributed by atoms with E-state index in [4.69, 9.17) is 15.3 Å². The third-order valence-corrected chi connectivity index (χ3v) is 3.56. The molecule has 0 radical (unpaired) electrons. The van der Waals surface area contributed by atoms with Gasteiger partial charge in [0.05, 0.1) is 6.61 Å². The number of hydrazine groups is 1. The SMILES string of the molecule is CCN(N)C(=O)c1cc(S(C)(=O)=O)nc(O[C@H](C)COC)n1. The van der Waals surface area contributed by atoms with Crippen molar-refractivity contribution in [2.45, 2.75) is 25.0 Å². The molecule has 0 aromatic carbocycles. The Morgan fingerprint density at radius 3 is 2.59 bits per heavy atom. The van der Waals surface area contributed by atoms with Crippen molar-refractivity contribution in [1.82, 2.24) is 15.0 Å². The van der Waals surface area contributed by atoms with Crippen LogP contribution in [0.5, 0.6) is 6.01 Å². The summed E-state index contributed by atoms with van der Waals surface area (Å²) in [5.41, 5.74) is -0.153. The molecule has 0 aliphatic heterocycles. The highest BCUT2D eigenvalue weighted by molar-refractivity contribution is 7.90. The first-order valence-corrected chi connectivity index (χ1v) is 8.39. The standard InChI is InChI=1S/C12H20N4O5S/c1-5-16(13)11(17)9-6-10(22(4,18)19)15-12(14-9)21-8(2)7-20-3/h6,8H,5,7,13H2,1-4H3/t8-/m1/s1. The fraction of sp³-hybridized carbons (Fsp3) is 0.583. The van der Waals surface area contributed by atoms with Gasteiger partial charge in [-0.1, -0.05) is 0 Å².